The lowest BCUT2D eigenvalue weighted by Gasteiger charge is -2.36. The number of halogens is 1. The molecule has 0 spiro atoms. The number of carbonyl (C=O) groups excluding carboxylic acids is 1. The predicted molar refractivity (Wildman–Crippen MR) is 109 cm³/mol. The maximum Gasteiger partial charge on any atom is 0.272 e. The van der Waals surface area contributed by atoms with E-state index >= 15 is 0 Å². The summed E-state index contributed by atoms with van der Waals surface area (Å²) < 4.78 is 14.0. The smallest absolute Gasteiger partial charge is 0.272 e. The van der Waals surface area contributed by atoms with Crippen LogP contribution in [0.2, 0.25) is 0 Å². The van der Waals surface area contributed by atoms with Crippen LogP contribution in [-0.2, 0) is 0 Å². The van der Waals surface area contributed by atoms with Crippen LogP contribution in [0.15, 0.2) is 42.6 Å². The van der Waals surface area contributed by atoms with Crippen molar-refractivity contribution >= 4 is 17.3 Å². The van der Waals surface area contributed by atoms with Crippen molar-refractivity contribution in [1.82, 2.24) is 9.88 Å². The van der Waals surface area contributed by atoms with Crippen molar-refractivity contribution in [3.8, 4) is 0 Å². The summed E-state index contributed by atoms with van der Waals surface area (Å²) in [5.41, 5.74) is 2.17. The SMILES string of the molecule is CC1CCCN(c2ccc(C(=O)N3CCN(c4ccccc4F)CC3)nc2)C1. The molecular weight excluding hydrogens is 355 g/mol. The largest absolute Gasteiger partial charge is 0.370 e. The van der Waals surface area contributed by atoms with Gasteiger partial charge >= 0.3 is 0 Å². The van der Waals surface area contributed by atoms with Crippen LogP contribution in [0.1, 0.15) is 30.3 Å². The van der Waals surface area contributed by atoms with Crippen molar-refractivity contribution in [2.24, 2.45) is 5.92 Å². The van der Waals surface area contributed by atoms with Gasteiger partial charge < -0.3 is 14.7 Å². The fourth-order valence-electron chi connectivity index (χ4n) is 4.14. The number of hydrogen-bond donors (Lipinski definition) is 0. The van der Waals surface area contributed by atoms with Gasteiger partial charge in [-0.05, 0) is 43.0 Å². The molecule has 0 radical (unpaired) electrons. The number of piperazine rings is 1. The predicted octanol–water partition coefficient (Wildman–Crippen LogP) is 3.42. The van der Waals surface area contributed by atoms with Crippen molar-refractivity contribution in [2.75, 3.05) is 49.1 Å². The lowest BCUT2D eigenvalue weighted by molar-refractivity contribution is 0.0741. The summed E-state index contributed by atoms with van der Waals surface area (Å²) in [6.07, 6.45) is 4.30. The molecule has 0 N–H and O–H groups in total. The molecule has 148 valence electrons. The first-order chi connectivity index (χ1) is 13.6. The first kappa shape index (κ1) is 18.7. The number of carbonyl (C=O) groups is 1. The quantitative estimate of drug-likeness (QED) is 0.816. The maximum absolute atomic E-state index is 14.0. The molecule has 1 unspecified atom stereocenters. The van der Waals surface area contributed by atoms with E-state index in [4.69, 9.17) is 0 Å². The number of benzene rings is 1. The average molecular weight is 382 g/mol. The van der Waals surface area contributed by atoms with Gasteiger partial charge in [0, 0.05) is 39.3 Å². The number of nitrogens with zero attached hydrogens (tertiary/aromatic N) is 4. The van der Waals surface area contributed by atoms with Crippen molar-refractivity contribution in [2.45, 2.75) is 19.8 Å². The van der Waals surface area contributed by atoms with Crippen LogP contribution >= 0.6 is 0 Å². The van der Waals surface area contributed by atoms with Crippen LogP contribution < -0.4 is 9.80 Å². The van der Waals surface area contributed by atoms with Gasteiger partial charge in [-0.1, -0.05) is 19.1 Å². The van der Waals surface area contributed by atoms with Crippen LogP contribution in [0, 0.1) is 11.7 Å². The lowest BCUT2D eigenvalue weighted by Crippen LogP contribution is -2.49. The summed E-state index contributed by atoms with van der Waals surface area (Å²) in [6, 6.07) is 10.6. The van der Waals surface area contributed by atoms with E-state index in [0.29, 0.717) is 43.5 Å². The number of anilines is 2. The second kappa shape index (κ2) is 8.17. The summed E-state index contributed by atoms with van der Waals surface area (Å²) in [5.74, 6) is 0.430. The topological polar surface area (TPSA) is 39.7 Å². The summed E-state index contributed by atoms with van der Waals surface area (Å²) in [6.45, 7) is 6.76. The standard InChI is InChI=1S/C22H27FN4O/c1-17-5-4-10-27(16-17)18-8-9-20(24-15-18)22(28)26-13-11-25(12-14-26)21-7-3-2-6-19(21)23/h2-3,6-9,15,17H,4-5,10-14,16H2,1H3. The number of pyridine rings is 1. The van der Waals surface area contributed by atoms with E-state index in [1.54, 1.807) is 12.1 Å². The Balaban J connectivity index is 1.37. The van der Waals surface area contributed by atoms with E-state index in [2.05, 4.69) is 16.8 Å². The summed E-state index contributed by atoms with van der Waals surface area (Å²) in [5, 5.41) is 0. The lowest BCUT2D eigenvalue weighted by atomic mass is 10.00. The van der Waals surface area contributed by atoms with Crippen molar-refractivity contribution < 1.29 is 9.18 Å². The number of rotatable bonds is 3. The monoisotopic (exact) mass is 382 g/mol. The summed E-state index contributed by atoms with van der Waals surface area (Å²) in [4.78, 5) is 23.4. The van der Waals surface area contributed by atoms with Crippen LogP contribution in [-0.4, -0.2) is 55.1 Å². The van der Waals surface area contributed by atoms with E-state index in [1.165, 1.54) is 18.9 Å². The zero-order chi connectivity index (χ0) is 19.5. The molecule has 4 rings (SSSR count). The Labute approximate surface area is 165 Å². The minimum atomic E-state index is -0.216. The van der Waals surface area contributed by atoms with Gasteiger partial charge in [-0.3, -0.25) is 4.79 Å². The van der Waals surface area contributed by atoms with Crippen molar-refractivity contribution in [1.29, 1.82) is 0 Å². The molecule has 1 atom stereocenters. The van der Waals surface area contributed by atoms with Gasteiger partial charge in [0.05, 0.1) is 17.6 Å². The Hall–Kier alpha value is -2.63. The second-order valence-electron chi connectivity index (χ2n) is 7.83. The van der Waals surface area contributed by atoms with Gasteiger partial charge in [0.2, 0.25) is 0 Å². The molecule has 1 aromatic carbocycles. The summed E-state index contributed by atoms with van der Waals surface area (Å²) >= 11 is 0. The van der Waals surface area contributed by atoms with Gasteiger partial charge in [0.25, 0.3) is 5.91 Å². The third-order valence-electron chi connectivity index (χ3n) is 5.75. The molecule has 2 aliphatic rings. The van der Waals surface area contributed by atoms with E-state index in [1.807, 2.05) is 34.2 Å². The van der Waals surface area contributed by atoms with Gasteiger partial charge in [0.15, 0.2) is 0 Å². The Bertz CT molecular complexity index is 818. The molecule has 1 aromatic heterocycles. The first-order valence-electron chi connectivity index (χ1n) is 10.1. The highest BCUT2D eigenvalue weighted by atomic mass is 19.1. The highest BCUT2D eigenvalue weighted by Crippen LogP contribution is 2.23. The van der Waals surface area contributed by atoms with Crippen molar-refractivity contribution in [3.63, 3.8) is 0 Å². The summed E-state index contributed by atoms with van der Waals surface area (Å²) in [7, 11) is 0. The van der Waals surface area contributed by atoms with E-state index < -0.39 is 0 Å². The number of para-hydroxylation sites is 1. The Morgan fingerprint density at radius 2 is 1.82 bits per heavy atom. The molecule has 0 aliphatic carbocycles. The molecule has 1 amide bonds. The molecule has 0 bridgehead atoms. The molecule has 6 heteroatoms. The Morgan fingerprint density at radius 1 is 1.04 bits per heavy atom. The zero-order valence-corrected chi connectivity index (χ0v) is 16.4. The first-order valence-corrected chi connectivity index (χ1v) is 10.1. The maximum atomic E-state index is 14.0. The molecule has 3 heterocycles. The normalized spacial score (nSPS) is 20.4. The fraction of sp³-hybridized carbons (Fsp3) is 0.455. The highest BCUT2D eigenvalue weighted by Gasteiger charge is 2.24. The van der Waals surface area contributed by atoms with E-state index in [9.17, 15) is 9.18 Å². The third-order valence-corrected chi connectivity index (χ3v) is 5.75. The highest BCUT2D eigenvalue weighted by molar-refractivity contribution is 5.92. The minimum absolute atomic E-state index is 0.0493. The molecule has 28 heavy (non-hydrogen) atoms. The van der Waals surface area contributed by atoms with Gasteiger partial charge in [0.1, 0.15) is 11.5 Å². The van der Waals surface area contributed by atoms with Gasteiger partial charge in [-0.25, -0.2) is 9.37 Å². The van der Waals surface area contributed by atoms with Crippen LogP contribution in [0.3, 0.4) is 0 Å². The fourth-order valence-corrected chi connectivity index (χ4v) is 4.14. The van der Waals surface area contributed by atoms with Gasteiger partial charge in [-0.2, -0.15) is 0 Å². The van der Waals surface area contributed by atoms with E-state index in [-0.39, 0.29) is 11.7 Å². The average Bonchev–Trinajstić information content (AvgIpc) is 2.74. The van der Waals surface area contributed by atoms with Crippen LogP contribution in [0.4, 0.5) is 15.8 Å². The van der Waals surface area contributed by atoms with Crippen molar-refractivity contribution in [3.05, 3.63) is 54.1 Å². The third kappa shape index (κ3) is 3.96. The number of piperidine rings is 1. The number of amides is 1. The molecular formula is C22H27FN4O. The zero-order valence-electron chi connectivity index (χ0n) is 16.4. The molecule has 0 saturated carbocycles. The molecule has 2 aliphatic heterocycles. The Morgan fingerprint density at radius 3 is 2.50 bits per heavy atom. The molecule has 2 aromatic rings. The van der Waals surface area contributed by atoms with E-state index in [0.717, 1.165) is 18.8 Å². The minimum Gasteiger partial charge on any atom is -0.370 e. The molecule has 2 saturated heterocycles. The van der Waals surface area contributed by atoms with Crippen LogP contribution in [0.25, 0.3) is 0 Å². The second-order valence-corrected chi connectivity index (χ2v) is 7.83. The number of aromatic nitrogens is 1. The molecule has 2 fully saturated rings. The van der Waals surface area contributed by atoms with Gasteiger partial charge in [-0.15, -0.1) is 0 Å². The Kier molecular flexibility index (Phi) is 5.46. The van der Waals surface area contributed by atoms with Crippen LogP contribution in [0.5, 0.6) is 0 Å². The molecule has 5 nitrogen and oxygen atoms in total. The number of hydrogen-bond acceptors (Lipinski definition) is 4.